The SMILES string of the molecule is CC(C)(C)OC(=O)N(C[C@H](O)c1ccc(Cl)cc1)[C@H]1CCc2ccc(-c3ccc(F)c(C=O)c3)cc2C1. The van der Waals surface area contributed by atoms with Crippen LogP contribution in [0.4, 0.5) is 9.18 Å². The summed E-state index contributed by atoms with van der Waals surface area (Å²) in [6.07, 6.45) is 1.21. The quantitative estimate of drug-likeness (QED) is 0.361. The van der Waals surface area contributed by atoms with Crippen LogP contribution in [-0.2, 0) is 17.6 Å². The van der Waals surface area contributed by atoms with Crippen molar-refractivity contribution in [2.45, 2.75) is 57.8 Å². The Morgan fingerprint density at radius 3 is 2.46 bits per heavy atom. The standard InChI is InChI=1S/C30H31ClFNO4/c1-30(2,3)37-29(36)33(17-28(35)20-6-10-25(31)11-7-20)26-12-8-19-4-5-21(14-23(19)16-26)22-9-13-27(32)24(15-22)18-34/h4-7,9-11,13-15,18,26,28,35H,8,12,16-17H2,1-3H3/t26-,28-/m0/s1. The van der Waals surface area contributed by atoms with Crippen molar-refractivity contribution >= 4 is 24.0 Å². The molecule has 1 N–H and O–H groups in total. The Labute approximate surface area is 221 Å². The number of carbonyl (C=O) groups excluding carboxylic acids is 2. The van der Waals surface area contributed by atoms with E-state index in [1.807, 2.05) is 39.0 Å². The van der Waals surface area contributed by atoms with Crippen LogP contribution < -0.4 is 0 Å². The lowest BCUT2D eigenvalue weighted by atomic mass is 9.85. The largest absolute Gasteiger partial charge is 0.444 e. The molecule has 0 spiro atoms. The molecule has 0 fully saturated rings. The van der Waals surface area contributed by atoms with Crippen LogP contribution >= 0.6 is 11.6 Å². The molecule has 0 unspecified atom stereocenters. The number of hydrogen-bond acceptors (Lipinski definition) is 4. The van der Waals surface area contributed by atoms with Gasteiger partial charge in [0.05, 0.1) is 18.2 Å². The van der Waals surface area contributed by atoms with Crippen molar-refractivity contribution in [2.24, 2.45) is 0 Å². The average Bonchev–Trinajstić information content (AvgIpc) is 2.86. The number of amides is 1. The van der Waals surface area contributed by atoms with Crippen LogP contribution in [0, 0.1) is 5.82 Å². The van der Waals surface area contributed by atoms with E-state index < -0.39 is 23.6 Å². The van der Waals surface area contributed by atoms with Gasteiger partial charge in [-0.3, -0.25) is 4.79 Å². The van der Waals surface area contributed by atoms with Gasteiger partial charge in [0.1, 0.15) is 11.4 Å². The fourth-order valence-electron chi connectivity index (χ4n) is 4.67. The molecule has 3 aromatic carbocycles. The summed E-state index contributed by atoms with van der Waals surface area (Å²) in [5.74, 6) is -0.552. The van der Waals surface area contributed by atoms with Gasteiger partial charge in [-0.05, 0) is 92.1 Å². The molecule has 0 aromatic heterocycles. The van der Waals surface area contributed by atoms with E-state index >= 15 is 0 Å². The fourth-order valence-corrected chi connectivity index (χ4v) is 4.79. The predicted molar refractivity (Wildman–Crippen MR) is 142 cm³/mol. The number of aliphatic hydroxyl groups is 1. The number of halogens is 2. The van der Waals surface area contributed by atoms with Crippen LogP contribution in [0.2, 0.25) is 5.02 Å². The summed E-state index contributed by atoms with van der Waals surface area (Å²) in [7, 11) is 0. The molecule has 5 nitrogen and oxygen atoms in total. The molecule has 0 saturated heterocycles. The van der Waals surface area contributed by atoms with Gasteiger partial charge < -0.3 is 14.7 Å². The van der Waals surface area contributed by atoms with E-state index in [-0.39, 0.29) is 18.2 Å². The minimum Gasteiger partial charge on any atom is -0.444 e. The van der Waals surface area contributed by atoms with E-state index in [1.54, 1.807) is 41.3 Å². The minimum absolute atomic E-state index is 0.0142. The molecule has 0 heterocycles. The molecular weight excluding hydrogens is 493 g/mol. The molecule has 0 saturated carbocycles. The first-order chi connectivity index (χ1) is 17.5. The molecular formula is C30H31ClFNO4. The Morgan fingerprint density at radius 2 is 1.78 bits per heavy atom. The van der Waals surface area contributed by atoms with Gasteiger partial charge in [0.2, 0.25) is 0 Å². The summed E-state index contributed by atoms with van der Waals surface area (Å²) in [5, 5.41) is 11.5. The number of rotatable bonds is 6. The number of aliphatic hydroxyl groups excluding tert-OH is 1. The molecule has 0 bridgehead atoms. The zero-order chi connectivity index (χ0) is 26.7. The van der Waals surface area contributed by atoms with Crippen LogP contribution in [0.25, 0.3) is 11.1 Å². The van der Waals surface area contributed by atoms with Crippen molar-refractivity contribution in [3.63, 3.8) is 0 Å². The highest BCUT2D eigenvalue weighted by molar-refractivity contribution is 6.30. The van der Waals surface area contributed by atoms with Crippen LogP contribution in [0.3, 0.4) is 0 Å². The van der Waals surface area contributed by atoms with Crippen molar-refractivity contribution in [1.29, 1.82) is 0 Å². The van der Waals surface area contributed by atoms with E-state index in [9.17, 15) is 19.1 Å². The number of carbonyl (C=O) groups is 2. The van der Waals surface area contributed by atoms with Gasteiger partial charge in [-0.25, -0.2) is 9.18 Å². The molecule has 4 rings (SSSR count). The maximum atomic E-state index is 13.8. The second-order valence-corrected chi connectivity index (χ2v) is 10.9. The van der Waals surface area contributed by atoms with Crippen molar-refractivity contribution in [3.05, 3.63) is 93.8 Å². The molecule has 3 aromatic rings. The van der Waals surface area contributed by atoms with Gasteiger partial charge in [-0.15, -0.1) is 0 Å². The lowest BCUT2D eigenvalue weighted by molar-refractivity contribution is 0.00195. The highest BCUT2D eigenvalue weighted by Crippen LogP contribution is 2.32. The van der Waals surface area contributed by atoms with Crippen molar-refractivity contribution in [2.75, 3.05) is 6.54 Å². The van der Waals surface area contributed by atoms with Gasteiger partial charge in [0, 0.05) is 11.1 Å². The molecule has 0 radical (unpaired) electrons. The predicted octanol–water partition coefficient (Wildman–Crippen LogP) is 6.79. The third-order valence-electron chi connectivity index (χ3n) is 6.56. The van der Waals surface area contributed by atoms with Crippen LogP contribution in [-0.4, -0.2) is 40.6 Å². The van der Waals surface area contributed by atoms with E-state index in [4.69, 9.17) is 16.3 Å². The number of fused-ring (bicyclic) bond motifs is 1. The van der Waals surface area contributed by atoms with Crippen LogP contribution in [0.15, 0.2) is 60.7 Å². The number of aryl methyl sites for hydroxylation is 1. The molecule has 7 heteroatoms. The highest BCUT2D eigenvalue weighted by Gasteiger charge is 2.33. The molecule has 194 valence electrons. The monoisotopic (exact) mass is 523 g/mol. The zero-order valence-corrected chi connectivity index (χ0v) is 22.0. The van der Waals surface area contributed by atoms with Crippen molar-refractivity contribution in [3.8, 4) is 11.1 Å². The Bertz CT molecular complexity index is 1290. The van der Waals surface area contributed by atoms with Gasteiger partial charge in [-0.1, -0.05) is 48.0 Å². The van der Waals surface area contributed by atoms with Crippen LogP contribution in [0.5, 0.6) is 0 Å². The third kappa shape index (κ3) is 6.56. The molecule has 1 amide bonds. The lowest BCUT2D eigenvalue weighted by Crippen LogP contribution is -2.47. The topological polar surface area (TPSA) is 66.8 Å². The highest BCUT2D eigenvalue weighted by atomic mass is 35.5. The number of nitrogens with zero attached hydrogens (tertiary/aromatic N) is 1. The molecule has 1 aliphatic carbocycles. The fraction of sp³-hybridized carbons (Fsp3) is 0.333. The second kappa shape index (κ2) is 11.0. The van der Waals surface area contributed by atoms with Gasteiger partial charge in [0.25, 0.3) is 0 Å². The maximum absolute atomic E-state index is 13.8. The molecule has 2 atom stereocenters. The van der Waals surface area contributed by atoms with Crippen molar-refractivity contribution < 1.29 is 23.8 Å². The van der Waals surface area contributed by atoms with Gasteiger partial charge in [-0.2, -0.15) is 0 Å². The van der Waals surface area contributed by atoms with E-state index in [1.165, 1.54) is 11.6 Å². The van der Waals surface area contributed by atoms with E-state index in [0.29, 0.717) is 23.3 Å². The first kappa shape index (κ1) is 26.8. The molecule has 1 aliphatic rings. The third-order valence-corrected chi connectivity index (χ3v) is 6.81. The van der Waals surface area contributed by atoms with Crippen LogP contribution in [0.1, 0.15) is 60.3 Å². The van der Waals surface area contributed by atoms with E-state index in [2.05, 4.69) is 0 Å². The second-order valence-electron chi connectivity index (χ2n) is 10.4. The van der Waals surface area contributed by atoms with E-state index in [0.717, 1.165) is 29.5 Å². The Hall–Kier alpha value is -3.22. The first-order valence-corrected chi connectivity index (χ1v) is 12.7. The molecule has 37 heavy (non-hydrogen) atoms. The summed E-state index contributed by atoms with van der Waals surface area (Å²) >= 11 is 5.99. The number of aldehydes is 1. The lowest BCUT2D eigenvalue weighted by Gasteiger charge is -2.37. The Morgan fingerprint density at radius 1 is 1.11 bits per heavy atom. The Kier molecular flexibility index (Phi) is 8.00. The summed E-state index contributed by atoms with van der Waals surface area (Å²) in [4.78, 5) is 26.1. The van der Waals surface area contributed by atoms with Gasteiger partial charge >= 0.3 is 6.09 Å². The average molecular weight is 524 g/mol. The smallest absolute Gasteiger partial charge is 0.410 e. The van der Waals surface area contributed by atoms with Crippen molar-refractivity contribution in [1.82, 2.24) is 4.90 Å². The summed E-state index contributed by atoms with van der Waals surface area (Å²) < 4.78 is 19.5. The van der Waals surface area contributed by atoms with Gasteiger partial charge in [0.15, 0.2) is 6.29 Å². The summed E-state index contributed by atoms with van der Waals surface area (Å²) in [6.45, 7) is 5.53. The minimum atomic E-state index is -0.904. The number of ether oxygens (including phenoxy) is 1. The summed E-state index contributed by atoms with van der Waals surface area (Å²) in [5.41, 5.74) is 3.86. The first-order valence-electron chi connectivity index (χ1n) is 12.3. The Balaban J connectivity index is 1.61. The summed E-state index contributed by atoms with van der Waals surface area (Å²) in [6, 6.07) is 17.3. The number of benzene rings is 3. The zero-order valence-electron chi connectivity index (χ0n) is 21.2. The molecule has 0 aliphatic heterocycles. The number of hydrogen-bond donors (Lipinski definition) is 1. The maximum Gasteiger partial charge on any atom is 0.410 e. The normalized spacial score (nSPS) is 16.0.